The largest absolute Gasteiger partial charge is 0.416 e. The van der Waals surface area contributed by atoms with Crippen molar-refractivity contribution in [3.8, 4) is 0 Å². The molecule has 0 bridgehead atoms. The van der Waals surface area contributed by atoms with E-state index in [0.717, 1.165) is 17.7 Å². The lowest BCUT2D eigenvalue weighted by molar-refractivity contribution is -0.137. The van der Waals surface area contributed by atoms with Crippen LogP contribution in [-0.2, 0) is 19.0 Å². The summed E-state index contributed by atoms with van der Waals surface area (Å²) in [6.07, 6.45) is -3.16. The first-order chi connectivity index (χ1) is 12.8. The van der Waals surface area contributed by atoms with E-state index in [4.69, 9.17) is 4.52 Å². The molecule has 2 N–H and O–H groups in total. The fraction of sp³-hybridized carbons (Fsp3) is 0.500. The number of hydrogen-bond acceptors (Lipinski definition) is 4. The molecule has 148 valence electrons. The third-order valence-electron chi connectivity index (χ3n) is 3.84. The van der Waals surface area contributed by atoms with Gasteiger partial charge in [-0.25, -0.2) is 0 Å². The molecule has 27 heavy (non-hydrogen) atoms. The number of benzene rings is 1. The second-order valence-corrected chi connectivity index (χ2v) is 6.32. The molecule has 2 aromatic rings. The lowest BCUT2D eigenvalue weighted by atomic mass is 10.1. The highest BCUT2D eigenvalue weighted by molar-refractivity contribution is 5.79. The Morgan fingerprint density at radius 3 is 2.26 bits per heavy atom. The molecule has 1 heterocycles. The molecule has 0 spiro atoms. The minimum atomic E-state index is -4.31. The van der Waals surface area contributed by atoms with Gasteiger partial charge in [-0.15, -0.1) is 0 Å². The van der Waals surface area contributed by atoms with Gasteiger partial charge in [0.2, 0.25) is 5.89 Å². The molecule has 9 heteroatoms. The first-order valence-electron chi connectivity index (χ1n) is 8.72. The van der Waals surface area contributed by atoms with Crippen LogP contribution in [0.15, 0.2) is 33.8 Å². The maximum atomic E-state index is 12.6. The molecule has 6 nitrogen and oxygen atoms in total. The zero-order valence-electron chi connectivity index (χ0n) is 15.6. The molecule has 0 atom stereocenters. The van der Waals surface area contributed by atoms with Gasteiger partial charge in [-0.1, -0.05) is 31.1 Å². The van der Waals surface area contributed by atoms with Crippen molar-refractivity contribution >= 4 is 5.96 Å². The molecular formula is C18H24F3N5O. The van der Waals surface area contributed by atoms with E-state index in [1.807, 2.05) is 13.8 Å². The number of nitrogens with one attached hydrogen (secondary N) is 2. The third kappa shape index (κ3) is 6.58. The molecule has 0 aliphatic carbocycles. The molecule has 0 fully saturated rings. The lowest BCUT2D eigenvalue weighted by Gasteiger charge is -2.11. The number of alkyl halides is 3. The summed E-state index contributed by atoms with van der Waals surface area (Å²) in [6.45, 7) is 5.10. The van der Waals surface area contributed by atoms with E-state index in [1.54, 1.807) is 7.05 Å². The Balaban J connectivity index is 1.72. The fourth-order valence-electron chi connectivity index (χ4n) is 2.30. The summed E-state index contributed by atoms with van der Waals surface area (Å²) >= 11 is 0. The van der Waals surface area contributed by atoms with Gasteiger partial charge in [-0.05, 0) is 24.1 Å². The van der Waals surface area contributed by atoms with Crippen LogP contribution in [0.1, 0.15) is 42.6 Å². The molecule has 0 unspecified atom stereocenters. The van der Waals surface area contributed by atoms with Crippen LogP contribution >= 0.6 is 0 Å². The Kier molecular flexibility index (Phi) is 7.20. The lowest BCUT2D eigenvalue weighted by Crippen LogP contribution is -2.39. The minimum Gasteiger partial charge on any atom is -0.356 e. The molecule has 0 saturated heterocycles. The average molecular weight is 383 g/mol. The summed E-state index contributed by atoms with van der Waals surface area (Å²) in [7, 11) is 1.65. The maximum absolute atomic E-state index is 12.6. The van der Waals surface area contributed by atoms with Gasteiger partial charge < -0.3 is 15.2 Å². The van der Waals surface area contributed by atoms with Crippen LogP contribution in [0, 0.1) is 0 Å². The van der Waals surface area contributed by atoms with Gasteiger partial charge in [0.15, 0.2) is 11.8 Å². The molecule has 0 radical (unpaired) electrons. The number of aromatic nitrogens is 2. The normalized spacial score (nSPS) is 12.5. The van der Waals surface area contributed by atoms with Crippen molar-refractivity contribution in [3.05, 3.63) is 47.1 Å². The van der Waals surface area contributed by atoms with Crippen LogP contribution in [-0.4, -0.2) is 36.2 Å². The SMILES string of the molecule is CN=C(NCCc1ccc(C(F)(F)F)cc1)NCCc1nc(C(C)C)no1. The van der Waals surface area contributed by atoms with E-state index < -0.39 is 11.7 Å². The summed E-state index contributed by atoms with van der Waals surface area (Å²) in [6, 6.07) is 5.17. The second-order valence-electron chi connectivity index (χ2n) is 6.32. The number of guanidine groups is 1. The molecule has 2 rings (SSSR count). The first-order valence-corrected chi connectivity index (χ1v) is 8.72. The quantitative estimate of drug-likeness (QED) is 0.567. The van der Waals surface area contributed by atoms with Gasteiger partial charge in [0, 0.05) is 32.5 Å². The Morgan fingerprint density at radius 1 is 1.11 bits per heavy atom. The van der Waals surface area contributed by atoms with Gasteiger partial charge in [0.25, 0.3) is 0 Å². The van der Waals surface area contributed by atoms with E-state index in [-0.39, 0.29) is 5.92 Å². The Hall–Kier alpha value is -2.58. The van der Waals surface area contributed by atoms with Crippen molar-refractivity contribution in [3.63, 3.8) is 0 Å². The summed E-state index contributed by atoms with van der Waals surface area (Å²) in [5.41, 5.74) is 0.177. The molecule has 0 aliphatic rings. The number of hydrogen-bond donors (Lipinski definition) is 2. The van der Waals surface area contributed by atoms with Crippen molar-refractivity contribution in [2.24, 2.45) is 4.99 Å². The predicted molar refractivity (Wildman–Crippen MR) is 96.6 cm³/mol. The maximum Gasteiger partial charge on any atom is 0.416 e. The summed E-state index contributed by atoms with van der Waals surface area (Å²) in [5, 5.41) is 10.2. The zero-order valence-corrected chi connectivity index (χ0v) is 15.6. The van der Waals surface area contributed by atoms with Gasteiger partial charge in [0.05, 0.1) is 5.56 Å². The Bertz CT molecular complexity index is 738. The predicted octanol–water partition coefficient (Wildman–Crippen LogP) is 3.16. The second kappa shape index (κ2) is 9.38. The number of halogens is 3. The monoisotopic (exact) mass is 383 g/mol. The number of nitrogens with zero attached hydrogens (tertiary/aromatic N) is 3. The number of aliphatic imine (C=N–C) groups is 1. The summed E-state index contributed by atoms with van der Waals surface area (Å²) < 4.78 is 42.8. The molecule has 1 aromatic heterocycles. The molecule has 0 amide bonds. The highest BCUT2D eigenvalue weighted by atomic mass is 19.4. The van der Waals surface area contributed by atoms with Crippen LogP contribution < -0.4 is 10.6 Å². The smallest absolute Gasteiger partial charge is 0.356 e. The van der Waals surface area contributed by atoms with Crippen LogP contribution in [0.4, 0.5) is 13.2 Å². The van der Waals surface area contributed by atoms with Crippen LogP contribution in [0.25, 0.3) is 0 Å². The van der Waals surface area contributed by atoms with Crippen LogP contribution in [0.2, 0.25) is 0 Å². The van der Waals surface area contributed by atoms with Crippen molar-refractivity contribution in [2.75, 3.05) is 20.1 Å². The minimum absolute atomic E-state index is 0.218. The van der Waals surface area contributed by atoms with Gasteiger partial charge in [-0.2, -0.15) is 18.2 Å². The van der Waals surface area contributed by atoms with Gasteiger partial charge in [0.1, 0.15) is 0 Å². The summed E-state index contributed by atoms with van der Waals surface area (Å²) in [5.74, 6) is 2.07. The van der Waals surface area contributed by atoms with E-state index in [9.17, 15) is 13.2 Å². The van der Waals surface area contributed by atoms with Crippen LogP contribution in [0.3, 0.4) is 0 Å². The highest BCUT2D eigenvalue weighted by Gasteiger charge is 2.29. The van der Waals surface area contributed by atoms with E-state index >= 15 is 0 Å². The fourth-order valence-corrected chi connectivity index (χ4v) is 2.30. The van der Waals surface area contributed by atoms with Crippen molar-refractivity contribution in [2.45, 2.75) is 38.8 Å². The van der Waals surface area contributed by atoms with Crippen molar-refractivity contribution < 1.29 is 17.7 Å². The third-order valence-corrected chi connectivity index (χ3v) is 3.84. The standard InChI is InChI=1S/C18H24F3N5O/c1-12(2)16-25-15(27-26-16)9-11-24-17(22-3)23-10-8-13-4-6-14(7-5-13)18(19,20)21/h4-7,12H,8-11H2,1-3H3,(H2,22,23,24). The summed E-state index contributed by atoms with van der Waals surface area (Å²) in [4.78, 5) is 8.41. The first kappa shape index (κ1) is 20.7. The topological polar surface area (TPSA) is 75.3 Å². The molecular weight excluding hydrogens is 359 g/mol. The highest BCUT2D eigenvalue weighted by Crippen LogP contribution is 2.29. The average Bonchev–Trinajstić information content (AvgIpc) is 3.09. The van der Waals surface area contributed by atoms with E-state index in [1.165, 1.54) is 12.1 Å². The van der Waals surface area contributed by atoms with Gasteiger partial charge in [-0.3, -0.25) is 4.99 Å². The zero-order chi connectivity index (χ0) is 19.9. The molecule has 0 saturated carbocycles. The van der Waals surface area contributed by atoms with Crippen LogP contribution in [0.5, 0.6) is 0 Å². The van der Waals surface area contributed by atoms with E-state index in [0.29, 0.717) is 43.6 Å². The van der Waals surface area contributed by atoms with Gasteiger partial charge >= 0.3 is 6.18 Å². The van der Waals surface area contributed by atoms with Crippen molar-refractivity contribution in [1.82, 2.24) is 20.8 Å². The van der Waals surface area contributed by atoms with Crippen molar-refractivity contribution in [1.29, 1.82) is 0 Å². The Morgan fingerprint density at radius 2 is 1.74 bits per heavy atom. The van der Waals surface area contributed by atoms with E-state index in [2.05, 4.69) is 25.8 Å². The molecule has 1 aromatic carbocycles. The number of rotatable bonds is 7. The Labute approximate surface area is 156 Å². The molecule has 0 aliphatic heterocycles.